The normalized spacial score (nSPS) is 20.8. The van der Waals surface area contributed by atoms with Gasteiger partial charge in [0.2, 0.25) is 10.0 Å². The predicted molar refractivity (Wildman–Crippen MR) is 68.3 cm³/mol. The van der Waals surface area contributed by atoms with Crippen LogP contribution in [0.5, 0.6) is 0 Å². The molecule has 0 saturated carbocycles. The minimum atomic E-state index is -3.23. The number of nitrogens with one attached hydrogen (secondary N) is 2. The van der Waals surface area contributed by atoms with Crippen molar-refractivity contribution in [3.63, 3.8) is 0 Å². The molecule has 7 heteroatoms. The highest BCUT2D eigenvalue weighted by atomic mass is 32.2. The molecule has 2 N–H and O–H groups in total. The molecule has 0 spiro atoms. The quantitative estimate of drug-likeness (QED) is 0.780. The first-order chi connectivity index (χ1) is 8.66. The lowest BCUT2D eigenvalue weighted by Crippen LogP contribution is -2.37. The van der Waals surface area contributed by atoms with E-state index in [1.54, 1.807) is 12.3 Å². The van der Waals surface area contributed by atoms with Gasteiger partial charge in [0.15, 0.2) is 0 Å². The van der Waals surface area contributed by atoms with Gasteiger partial charge in [-0.15, -0.1) is 0 Å². The lowest BCUT2D eigenvalue weighted by molar-refractivity contribution is 0.402. The van der Waals surface area contributed by atoms with Gasteiger partial charge in [-0.25, -0.2) is 23.1 Å². The van der Waals surface area contributed by atoms with Crippen LogP contribution < -0.4 is 10.0 Å². The summed E-state index contributed by atoms with van der Waals surface area (Å²) in [6, 6.07) is 1.70. The zero-order chi connectivity index (χ0) is 12.8. The molecule has 6 nitrogen and oxygen atoms in total. The second-order valence-corrected chi connectivity index (χ2v) is 6.37. The first-order valence-electron chi connectivity index (χ1n) is 6.09. The third-order valence-electron chi connectivity index (χ3n) is 2.97. The van der Waals surface area contributed by atoms with Gasteiger partial charge in [-0.3, -0.25) is 0 Å². The number of nitrogens with zero attached hydrogens (tertiary/aromatic N) is 2. The van der Waals surface area contributed by atoms with Gasteiger partial charge in [-0.1, -0.05) is 0 Å². The van der Waals surface area contributed by atoms with Crippen LogP contribution in [0.2, 0.25) is 0 Å². The molecule has 1 saturated heterocycles. The van der Waals surface area contributed by atoms with Gasteiger partial charge in [0.05, 0.1) is 18.0 Å². The second kappa shape index (κ2) is 6.21. The first kappa shape index (κ1) is 13.4. The molecular formula is C11H18N4O2S. The van der Waals surface area contributed by atoms with Crippen molar-refractivity contribution in [1.82, 2.24) is 20.0 Å². The number of aromatic nitrogens is 2. The van der Waals surface area contributed by atoms with Gasteiger partial charge < -0.3 is 5.32 Å². The summed E-state index contributed by atoms with van der Waals surface area (Å²) in [5, 5.41) is 3.22. The third kappa shape index (κ3) is 4.32. The highest BCUT2D eigenvalue weighted by Crippen LogP contribution is 2.12. The van der Waals surface area contributed by atoms with Crippen LogP contribution in [0.25, 0.3) is 0 Å². The zero-order valence-electron chi connectivity index (χ0n) is 10.2. The van der Waals surface area contributed by atoms with Crippen LogP contribution >= 0.6 is 0 Å². The molecule has 1 unspecified atom stereocenters. The van der Waals surface area contributed by atoms with Crippen LogP contribution in [0.1, 0.15) is 18.5 Å². The molecular weight excluding hydrogens is 252 g/mol. The van der Waals surface area contributed by atoms with Crippen LogP contribution in [-0.2, 0) is 16.6 Å². The topological polar surface area (TPSA) is 84.0 Å². The van der Waals surface area contributed by atoms with E-state index in [1.165, 1.54) is 6.33 Å². The molecule has 2 heterocycles. The van der Waals surface area contributed by atoms with Crippen LogP contribution in [-0.4, -0.2) is 37.2 Å². The Morgan fingerprint density at radius 2 is 2.39 bits per heavy atom. The Hall–Kier alpha value is -1.05. The molecule has 1 aliphatic rings. The molecule has 0 aliphatic carbocycles. The Labute approximate surface area is 107 Å². The molecule has 0 bridgehead atoms. The smallest absolute Gasteiger partial charge is 0.212 e. The lowest BCUT2D eigenvalue weighted by Gasteiger charge is -2.22. The van der Waals surface area contributed by atoms with Crippen LogP contribution in [0.15, 0.2) is 18.6 Å². The van der Waals surface area contributed by atoms with Crippen LogP contribution in [0.4, 0.5) is 0 Å². The van der Waals surface area contributed by atoms with Crippen molar-refractivity contribution in [2.75, 3.05) is 18.8 Å². The Kier molecular flexibility index (Phi) is 4.62. The largest absolute Gasteiger partial charge is 0.316 e. The Morgan fingerprint density at radius 1 is 1.50 bits per heavy atom. The fourth-order valence-electron chi connectivity index (χ4n) is 2.04. The third-order valence-corrected chi connectivity index (χ3v) is 4.46. The number of hydrogen-bond donors (Lipinski definition) is 2. The minimum Gasteiger partial charge on any atom is -0.316 e. The van der Waals surface area contributed by atoms with E-state index in [0.717, 1.165) is 25.9 Å². The molecule has 18 heavy (non-hydrogen) atoms. The summed E-state index contributed by atoms with van der Waals surface area (Å²) in [7, 11) is -3.23. The van der Waals surface area contributed by atoms with Gasteiger partial charge in [0, 0.05) is 6.20 Å². The summed E-state index contributed by atoms with van der Waals surface area (Å²) >= 11 is 0. The Morgan fingerprint density at radius 3 is 3.06 bits per heavy atom. The summed E-state index contributed by atoms with van der Waals surface area (Å²) < 4.78 is 26.4. The lowest BCUT2D eigenvalue weighted by atomic mass is 10.0. The summed E-state index contributed by atoms with van der Waals surface area (Å²) in [6.45, 7) is 2.00. The molecule has 0 radical (unpaired) electrons. The van der Waals surface area contributed by atoms with E-state index in [-0.39, 0.29) is 18.2 Å². The Balaban J connectivity index is 1.83. The van der Waals surface area contributed by atoms with E-state index in [1.807, 2.05) is 0 Å². The highest BCUT2D eigenvalue weighted by Gasteiger charge is 2.20. The Bertz CT molecular complexity index is 457. The van der Waals surface area contributed by atoms with Gasteiger partial charge in [0.25, 0.3) is 0 Å². The molecule has 1 aromatic heterocycles. The van der Waals surface area contributed by atoms with Crippen LogP contribution in [0, 0.1) is 5.92 Å². The zero-order valence-corrected chi connectivity index (χ0v) is 11.0. The molecule has 0 amide bonds. The average Bonchev–Trinajstić information content (AvgIpc) is 2.38. The molecule has 1 fully saturated rings. The highest BCUT2D eigenvalue weighted by molar-refractivity contribution is 7.89. The maximum atomic E-state index is 11.9. The van der Waals surface area contributed by atoms with E-state index in [0.29, 0.717) is 5.69 Å². The number of hydrogen-bond acceptors (Lipinski definition) is 5. The predicted octanol–water partition coefficient (Wildman–Crippen LogP) is -0.104. The maximum Gasteiger partial charge on any atom is 0.212 e. The van der Waals surface area contributed by atoms with Crippen molar-refractivity contribution in [3.8, 4) is 0 Å². The van der Waals surface area contributed by atoms with Gasteiger partial charge in [-0.2, -0.15) is 0 Å². The van der Waals surface area contributed by atoms with Gasteiger partial charge >= 0.3 is 0 Å². The van der Waals surface area contributed by atoms with E-state index in [2.05, 4.69) is 20.0 Å². The molecule has 1 atom stereocenters. The molecule has 1 aliphatic heterocycles. The van der Waals surface area contributed by atoms with Crippen molar-refractivity contribution in [3.05, 3.63) is 24.3 Å². The fourth-order valence-corrected chi connectivity index (χ4v) is 3.43. The maximum absolute atomic E-state index is 11.9. The van der Waals surface area contributed by atoms with Crippen molar-refractivity contribution >= 4 is 10.0 Å². The second-order valence-electron chi connectivity index (χ2n) is 4.52. The SMILES string of the molecule is O=S(=O)(CC1CCCNC1)NCc1ccncn1. The minimum absolute atomic E-state index is 0.186. The number of piperidine rings is 1. The monoisotopic (exact) mass is 270 g/mol. The summed E-state index contributed by atoms with van der Waals surface area (Å²) in [6.07, 6.45) is 5.03. The van der Waals surface area contributed by atoms with Crippen molar-refractivity contribution in [2.45, 2.75) is 19.4 Å². The van der Waals surface area contributed by atoms with Gasteiger partial charge in [-0.05, 0) is 37.9 Å². The van der Waals surface area contributed by atoms with E-state index in [9.17, 15) is 8.42 Å². The average molecular weight is 270 g/mol. The fraction of sp³-hybridized carbons (Fsp3) is 0.636. The molecule has 0 aromatic carbocycles. The molecule has 100 valence electrons. The van der Waals surface area contributed by atoms with E-state index >= 15 is 0 Å². The standard InChI is InChI=1S/C11H18N4O2S/c16-18(17,8-10-2-1-4-12-6-10)15-7-11-3-5-13-9-14-11/h3,5,9-10,12,15H,1-2,4,6-8H2. The first-order valence-corrected chi connectivity index (χ1v) is 7.74. The van der Waals surface area contributed by atoms with Crippen LogP contribution in [0.3, 0.4) is 0 Å². The van der Waals surface area contributed by atoms with Crippen molar-refractivity contribution in [1.29, 1.82) is 0 Å². The van der Waals surface area contributed by atoms with E-state index in [4.69, 9.17) is 0 Å². The van der Waals surface area contributed by atoms with Gasteiger partial charge in [0.1, 0.15) is 6.33 Å². The number of rotatable bonds is 5. The summed E-state index contributed by atoms with van der Waals surface area (Å²) in [4.78, 5) is 7.77. The number of sulfonamides is 1. The summed E-state index contributed by atoms with van der Waals surface area (Å²) in [5.41, 5.74) is 0.676. The van der Waals surface area contributed by atoms with E-state index < -0.39 is 10.0 Å². The summed E-state index contributed by atoms with van der Waals surface area (Å²) in [5.74, 6) is 0.395. The van der Waals surface area contributed by atoms with Crippen molar-refractivity contribution in [2.24, 2.45) is 5.92 Å². The molecule has 2 rings (SSSR count). The molecule has 1 aromatic rings. The van der Waals surface area contributed by atoms with Crippen molar-refractivity contribution < 1.29 is 8.42 Å².